The quantitative estimate of drug-likeness (QED) is 0.482. The van der Waals surface area contributed by atoms with E-state index in [2.05, 4.69) is 21.2 Å². The van der Waals surface area contributed by atoms with Crippen LogP contribution in [0.5, 0.6) is 0 Å². The molecule has 9 heteroatoms. The number of benzene rings is 3. The molecular weight excluding hydrogens is 495 g/mol. The first kappa shape index (κ1) is 22.4. The van der Waals surface area contributed by atoms with Crippen LogP contribution in [0.4, 0.5) is 10.1 Å². The number of nitrogens with zero attached hydrogens (tertiary/aromatic N) is 1. The Morgan fingerprint density at radius 1 is 1.03 bits per heavy atom. The van der Waals surface area contributed by atoms with Crippen LogP contribution in [0.3, 0.4) is 0 Å². The zero-order chi connectivity index (χ0) is 21.7. The van der Waals surface area contributed by atoms with Crippen LogP contribution >= 0.6 is 27.5 Å². The molecule has 0 saturated carbocycles. The summed E-state index contributed by atoms with van der Waals surface area (Å²) in [6.45, 7) is -0.796. The number of anilines is 1. The second-order valence-electron chi connectivity index (χ2n) is 6.38. The van der Waals surface area contributed by atoms with Crippen LogP contribution in [0, 0.1) is 5.82 Å². The smallest absolute Gasteiger partial charge is 0.243 e. The SMILES string of the molecule is O=C(CN(Cc1ccccc1F)S(=O)(=O)c1ccc(Cl)cc1)Nc1cccc(Br)c1. The molecule has 0 heterocycles. The Bertz CT molecular complexity index is 1160. The molecule has 0 aliphatic heterocycles. The van der Waals surface area contributed by atoms with E-state index in [0.717, 1.165) is 8.78 Å². The predicted octanol–water partition coefficient (Wildman–Crippen LogP) is 5.07. The van der Waals surface area contributed by atoms with Crippen molar-refractivity contribution in [1.29, 1.82) is 0 Å². The lowest BCUT2D eigenvalue weighted by molar-refractivity contribution is -0.116. The van der Waals surface area contributed by atoms with Gasteiger partial charge in [-0.15, -0.1) is 0 Å². The minimum atomic E-state index is -4.09. The lowest BCUT2D eigenvalue weighted by atomic mass is 10.2. The Kier molecular flexibility index (Phi) is 7.25. The molecule has 0 aliphatic carbocycles. The van der Waals surface area contributed by atoms with Crippen LogP contribution in [0.2, 0.25) is 5.02 Å². The summed E-state index contributed by atoms with van der Waals surface area (Å²) in [5, 5.41) is 3.03. The predicted molar refractivity (Wildman–Crippen MR) is 118 cm³/mol. The van der Waals surface area contributed by atoms with Crippen molar-refractivity contribution in [2.24, 2.45) is 0 Å². The zero-order valence-electron chi connectivity index (χ0n) is 15.6. The maximum absolute atomic E-state index is 14.2. The summed E-state index contributed by atoms with van der Waals surface area (Å²) < 4.78 is 42.2. The first-order valence-corrected chi connectivity index (χ1v) is 11.4. The van der Waals surface area contributed by atoms with Gasteiger partial charge in [-0.1, -0.05) is 51.8 Å². The topological polar surface area (TPSA) is 66.5 Å². The van der Waals surface area contributed by atoms with Crippen molar-refractivity contribution < 1.29 is 17.6 Å². The van der Waals surface area contributed by atoms with Crippen molar-refractivity contribution in [3.05, 3.63) is 93.7 Å². The molecule has 1 amide bonds. The third kappa shape index (κ3) is 5.66. The van der Waals surface area contributed by atoms with E-state index in [-0.39, 0.29) is 17.0 Å². The molecule has 1 N–H and O–H groups in total. The van der Waals surface area contributed by atoms with Crippen molar-refractivity contribution in [3.63, 3.8) is 0 Å². The summed E-state index contributed by atoms with van der Waals surface area (Å²) in [5.41, 5.74) is 0.661. The van der Waals surface area contributed by atoms with Gasteiger partial charge in [-0.3, -0.25) is 4.79 Å². The summed E-state index contributed by atoms with van der Waals surface area (Å²) in [6, 6.07) is 18.3. The van der Waals surface area contributed by atoms with Gasteiger partial charge in [-0.25, -0.2) is 12.8 Å². The van der Waals surface area contributed by atoms with Crippen LogP contribution in [-0.2, 0) is 21.4 Å². The number of halogens is 3. The summed E-state index contributed by atoms with van der Waals surface area (Å²) in [7, 11) is -4.09. The molecule has 0 bridgehead atoms. The summed E-state index contributed by atoms with van der Waals surface area (Å²) in [5.74, 6) is -1.11. The van der Waals surface area contributed by atoms with Crippen LogP contribution in [-0.4, -0.2) is 25.2 Å². The first-order chi connectivity index (χ1) is 14.3. The molecule has 3 rings (SSSR count). The van der Waals surface area contributed by atoms with E-state index in [4.69, 9.17) is 11.6 Å². The van der Waals surface area contributed by atoms with Crippen LogP contribution in [0.1, 0.15) is 5.56 Å². The van der Waals surface area contributed by atoms with Gasteiger partial charge in [0.25, 0.3) is 0 Å². The van der Waals surface area contributed by atoms with Crippen LogP contribution < -0.4 is 5.32 Å². The molecule has 0 fully saturated rings. The lowest BCUT2D eigenvalue weighted by Crippen LogP contribution is -2.37. The van der Waals surface area contributed by atoms with Crippen LogP contribution in [0.25, 0.3) is 0 Å². The fourth-order valence-electron chi connectivity index (χ4n) is 2.73. The average molecular weight is 512 g/mol. The molecule has 5 nitrogen and oxygen atoms in total. The number of rotatable bonds is 7. The average Bonchev–Trinajstić information content (AvgIpc) is 2.69. The molecule has 0 atom stereocenters. The Balaban J connectivity index is 1.89. The first-order valence-electron chi connectivity index (χ1n) is 8.80. The summed E-state index contributed by atoms with van der Waals surface area (Å²) in [4.78, 5) is 12.6. The monoisotopic (exact) mass is 510 g/mol. The summed E-state index contributed by atoms with van der Waals surface area (Å²) in [6.07, 6.45) is 0. The molecule has 3 aromatic rings. The minimum Gasteiger partial charge on any atom is -0.325 e. The maximum Gasteiger partial charge on any atom is 0.243 e. The second-order valence-corrected chi connectivity index (χ2v) is 9.67. The van der Waals surface area contributed by atoms with Gasteiger partial charge >= 0.3 is 0 Å². The van der Waals surface area contributed by atoms with E-state index in [9.17, 15) is 17.6 Å². The van der Waals surface area contributed by atoms with Crippen molar-refractivity contribution in [2.75, 3.05) is 11.9 Å². The maximum atomic E-state index is 14.2. The third-order valence-electron chi connectivity index (χ3n) is 4.18. The van der Waals surface area contributed by atoms with Gasteiger partial charge in [0.1, 0.15) is 5.82 Å². The van der Waals surface area contributed by atoms with Crippen molar-refractivity contribution in [1.82, 2.24) is 4.31 Å². The molecular formula is C21H17BrClFN2O3S. The van der Waals surface area contributed by atoms with E-state index in [0.29, 0.717) is 10.7 Å². The fraction of sp³-hybridized carbons (Fsp3) is 0.0952. The number of sulfonamides is 1. The molecule has 0 saturated heterocycles. The Hall–Kier alpha value is -2.26. The Morgan fingerprint density at radius 3 is 2.40 bits per heavy atom. The molecule has 156 valence electrons. The third-order valence-corrected chi connectivity index (χ3v) is 6.74. The number of amides is 1. The lowest BCUT2D eigenvalue weighted by Gasteiger charge is -2.22. The summed E-state index contributed by atoms with van der Waals surface area (Å²) >= 11 is 9.17. The molecule has 30 heavy (non-hydrogen) atoms. The number of hydrogen-bond donors (Lipinski definition) is 1. The van der Waals surface area contributed by atoms with E-state index in [1.54, 1.807) is 30.3 Å². The molecule has 0 aromatic heterocycles. The van der Waals surface area contributed by atoms with Crippen molar-refractivity contribution >= 4 is 49.1 Å². The number of nitrogens with one attached hydrogen (secondary N) is 1. The molecule has 3 aromatic carbocycles. The number of carbonyl (C=O) groups excluding carboxylic acids is 1. The van der Waals surface area contributed by atoms with Gasteiger partial charge in [0.05, 0.1) is 11.4 Å². The Morgan fingerprint density at radius 2 is 1.73 bits per heavy atom. The zero-order valence-corrected chi connectivity index (χ0v) is 18.7. The highest BCUT2D eigenvalue weighted by Crippen LogP contribution is 2.22. The second kappa shape index (κ2) is 9.70. The number of hydrogen-bond acceptors (Lipinski definition) is 3. The highest BCUT2D eigenvalue weighted by molar-refractivity contribution is 9.10. The van der Waals surface area contributed by atoms with E-state index < -0.39 is 28.3 Å². The van der Waals surface area contributed by atoms with Gasteiger partial charge in [0, 0.05) is 27.3 Å². The van der Waals surface area contributed by atoms with Gasteiger partial charge in [-0.2, -0.15) is 4.31 Å². The largest absolute Gasteiger partial charge is 0.325 e. The molecule has 0 unspecified atom stereocenters. The minimum absolute atomic E-state index is 0.0431. The van der Waals surface area contributed by atoms with Gasteiger partial charge < -0.3 is 5.32 Å². The highest BCUT2D eigenvalue weighted by Gasteiger charge is 2.27. The van der Waals surface area contributed by atoms with Gasteiger partial charge in [0.2, 0.25) is 15.9 Å². The molecule has 0 radical (unpaired) electrons. The number of carbonyl (C=O) groups is 1. The van der Waals surface area contributed by atoms with Crippen molar-refractivity contribution in [2.45, 2.75) is 11.4 Å². The molecule has 0 aliphatic rings. The van der Waals surface area contributed by atoms with E-state index in [1.165, 1.54) is 42.5 Å². The van der Waals surface area contributed by atoms with Gasteiger partial charge in [-0.05, 0) is 48.5 Å². The standard InChI is InChI=1S/C21H17BrClFN2O3S/c22-16-5-3-6-18(12-16)25-21(27)14-26(13-15-4-1-2-7-20(15)24)30(28,29)19-10-8-17(23)9-11-19/h1-12H,13-14H2,(H,25,27). The van der Waals surface area contributed by atoms with E-state index in [1.807, 2.05) is 0 Å². The van der Waals surface area contributed by atoms with Crippen molar-refractivity contribution in [3.8, 4) is 0 Å². The Labute approximate surface area is 187 Å². The van der Waals surface area contributed by atoms with E-state index >= 15 is 0 Å². The van der Waals surface area contributed by atoms with Gasteiger partial charge in [0.15, 0.2) is 0 Å². The highest BCUT2D eigenvalue weighted by atomic mass is 79.9. The normalized spacial score (nSPS) is 11.5. The van der Waals surface area contributed by atoms with Crippen LogP contribution in [0.15, 0.2) is 82.2 Å². The molecule has 0 spiro atoms. The fourth-order valence-corrected chi connectivity index (χ4v) is 4.62.